The molecule has 0 radical (unpaired) electrons. The Morgan fingerprint density at radius 2 is 1.77 bits per heavy atom. The number of carbonyl (C=O) groups is 1. The topological polar surface area (TPSA) is 50.4 Å². The normalized spacial score (nSPS) is 13.5. The maximum atomic E-state index is 12.4. The average Bonchev–Trinajstić information content (AvgIpc) is 2.74. The van der Waals surface area contributed by atoms with Crippen molar-refractivity contribution in [2.75, 3.05) is 17.7 Å². The first-order valence-corrected chi connectivity index (χ1v) is 10.1. The van der Waals surface area contributed by atoms with E-state index in [1.165, 1.54) is 36.0 Å². The molecule has 0 aliphatic heterocycles. The van der Waals surface area contributed by atoms with Crippen LogP contribution in [0.15, 0.2) is 18.2 Å². The van der Waals surface area contributed by atoms with E-state index in [0.717, 1.165) is 35.5 Å². The lowest BCUT2D eigenvalue weighted by Gasteiger charge is -2.12. The van der Waals surface area contributed by atoms with E-state index in [-0.39, 0.29) is 5.97 Å². The molecule has 2 aromatic rings. The molecule has 0 saturated carbocycles. The van der Waals surface area contributed by atoms with E-state index in [1.54, 1.807) is 11.3 Å². The Kier molecular flexibility index (Phi) is 5.94. The minimum Gasteiger partial charge on any atom is -0.465 e. The lowest BCUT2D eigenvalue weighted by molar-refractivity contribution is 0.0601. The van der Waals surface area contributed by atoms with E-state index in [4.69, 9.17) is 17.0 Å². The van der Waals surface area contributed by atoms with Crippen LogP contribution in [-0.4, -0.2) is 18.2 Å². The first kappa shape index (κ1) is 18.9. The summed E-state index contributed by atoms with van der Waals surface area (Å²) in [4.78, 5) is 13.7. The monoisotopic (exact) mass is 388 g/mol. The fourth-order valence-corrected chi connectivity index (χ4v) is 5.03. The van der Waals surface area contributed by atoms with Crippen LogP contribution in [0.5, 0.6) is 0 Å². The van der Waals surface area contributed by atoms with E-state index in [9.17, 15) is 4.79 Å². The molecule has 1 aromatic carbocycles. The Morgan fingerprint density at radius 1 is 1.08 bits per heavy atom. The number of carbonyl (C=O) groups excluding carboxylic acids is 1. The third kappa shape index (κ3) is 4.24. The van der Waals surface area contributed by atoms with Crippen molar-refractivity contribution in [3.8, 4) is 0 Å². The number of ether oxygens (including phenoxy) is 1. The van der Waals surface area contributed by atoms with Crippen LogP contribution < -0.4 is 10.6 Å². The molecule has 1 aliphatic carbocycles. The van der Waals surface area contributed by atoms with E-state index in [2.05, 4.69) is 30.5 Å². The van der Waals surface area contributed by atoms with Gasteiger partial charge in [-0.05, 0) is 80.6 Å². The summed E-state index contributed by atoms with van der Waals surface area (Å²) in [5.41, 5.74) is 5.08. The van der Waals surface area contributed by atoms with Crippen LogP contribution in [0.25, 0.3) is 0 Å². The van der Waals surface area contributed by atoms with Crippen LogP contribution in [0.4, 0.5) is 10.7 Å². The van der Waals surface area contributed by atoms with E-state index >= 15 is 0 Å². The van der Waals surface area contributed by atoms with Gasteiger partial charge in [0.2, 0.25) is 0 Å². The second kappa shape index (κ2) is 8.18. The van der Waals surface area contributed by atoms with Gasteiger partial charge in [-0.25, -0.2) is 4.79 Å². The van der Waals surface area contributed by atoms with Crippen molar-refractivity contribution in [3.63, 3.8) is 0 Å². The van der Waals surface area contributed by atoms with Crippen LogP contribution in [0.2, 0.25) is 0 Å². The molecule has 1 aromatic heterocycles. The highest BCUT2D eigenvalue weighted by molar-refractivity contribution is 7.80. The highest BCUT2D eigenvalue weighted by atomic mass is 32.1. The van der Waals surface area contributed by atoms with Crippen LogP contribution >= 0.6 is 23.6 Å². The van der Waals surface area contributed by atoms with Crippen molar-refractivity contribution in [3.05, 3.63) is 45.3 Å². The van der Waals surface area contributed by atoms with Crippen LogP contribution in [0.3, 0.4) is 0 Å². The fourth-order valence-electron chi connectivity index (χ4n) is 3.46. The summed E-state index contributed by atoms with van der Waals surface area (Å²) in [6.07, 6.45) is 5.42. The van der Waals surface area contributed by atoms with Crippen molar-refractivity contribution in [1.29, 1.82) is 0 Å². The largest absolute Gasteiger partial charge is 0.465 e. The van der Waals surface area contributed by atoms with E-state index < -0.39 is 0 Å². The second-order valence-electron chi connectivity index (χ2n) is 6.72. The summed E-state index contributed by atoms with van der Waals surface area (Å²) in [5.74, 6) is -0.291. The number of rotatable bonds is 3. The Hall–Kier alpha value is -1.92. The van der Waals surface area contributed by atoms with Crippen molar-refractivity contribution in [1.82, 2.24) is 0 Å². The smallest absolute Gasteiger partial charge is 0.341 e. The SMILES string of the molecule is COC(=O)c1c(NC(=S)Nc2cc(C)cc(C)c2)sc2c1CCCCC2. The van der Waals surface area contributed by atoms with Gasteiger partial charge in [0.15, 0.2) is 5.11 Å². The first-order chi connectivity index (χ1) is 12.5. The van der Waals surface area contributed by atoms with E-state index in [0.29, 0.717) is 10.7 Å². The van der Waals surface area contributed by atoms with Gasteiger partial charge < -0.3 is 15.4 Å². The number of methoxy groups -OCH3 is 1. The van der Waals surface area contributed by atoms with Gasteiger partial charge >= 0.3 is 5.97 Å². The summed E-state index contributed by atoms with van der Waals surface area (Å²) in [6, 6.07) is 6.21. The highest BCUT2D eigenvalue weighted by Gasteiger charge is 2.25. The summed E-state index contributed by atoms with van der Waals surface area (Å²) in [5, 5.41) is 7.72. The predicted molar refractivity (Wildman–Crippen MR) is 113 cm³/mol. The zero-order valence-corrected chi connectivity index (χ0v) is 17.0. The Labute approximate surface area is 164 Å². The number of thiocarbonyl (C=S) groups is 1. The lowest BCUT2D eigenvalue weighted by atomic mass is 10.1. The van der Waals surface area contributed by atoms with E-state index in [1.807, 2.05) is 12.1 Å². The number of hydrogen-bond donors (Lipinski definition) is 2. The molecule has 26 heavy (non-hydrogen) atoms. The van der Waals surface area contributed by atoms with Crippen LogP contribution in [0.1, 0.15) is 51.2 Å². The molecule has 1 aliphatic rings. The van der Waals surface area contributed by atoms with Crippen molar-refractivity contribution < 1.29 is 9.53 Å². The molecule has 1 heterocycles. The number of anilines is 2. The molecule has 0 bridgehead atoms. The highest BCUT2D eigenvalue weighted by Crippen LogP contribution is 2.38. The molecule has 138 valence electrons. The quantitative estimate of drug-likeness (QED) is 0.428. The van der Waals surface area contributed by atoms with Gasteiger partial charge in [0, 0.05) is 10.6 Å². The van der Waals surface area contributed by atoms with Gasteiger partial charge in [-0.15, -0.1) is 11.3 Å². The Bertz CT molecular complexity index is 822. The zero-order valence-electron chi connectivity index (χ0n) is 15.4. The predicted octanol–water partition coefficient (Wildman–Crippen LogP) is 5.23. The number of hydrogen-bond acceptors (Lipinski definition) is 4. The minimum absolute atomic E-state index is 0.291. The Morgan fingerprint density at radius 3 is 2.46 bits per heavy atom. The molecule has 4 nitrogen and oxygen atoms in total. The van der Waals surface area contributed by atoms with Gasteiger partial charge in [-0.1, -0.05) is 12.5 Å². The third-order valence-corrected chi connectivity index (χ3v) is 5.93. The number of thiophene rings is 1. The number of benzene rings is 1. The number of nitrogens with one attached hydrogen (secondary N) is 2. The standard InChI is InChI=1S/C20H24N2O2S2/c1-12-9-13(2)11-14(10-12)21-20(25)22-18-17(19(23)24-3)15-7-5-4-6-8-16(15)26-18/h9-11H,4-8H2,1-3H3,(H2,21,22,25). The van der Waals surface area contributed by atoms with Gasteiger partial charge in [0.1, 0.15) is 5.00 Å². The molecular formula is C20H24N2O2S2. The molecular weight excluding hydrogens is 364 g/mol. The summed E-state index contributed by atoms with van der Waals surface area (Å²) >= 11 is 7.11. The molecule has 0 unspecified atom stereocenters. The maximum absolute atomic E-state index is 12.4. The van der Waals surface area contributed by atoms with Gasteiger partial charge in [0.05, 0.1) is 12.7 Å². The Balaban J connectivity index is 1.84. The second-order valence-corrected chi connectivity index (χ2v) is 8.23. The van der Waals surface area contributed by atoms with Gasteiger partial charge in [-0.3, -0.25) is 0 Å². The molecule has 0 saturated heterocycles. The fraction of sp³-hybridized carbons (Fsp3) is 0.400. The molecule has 3 rings (SSSR count). The molecule has 0 spiro atoms. The number of fused-ring (bicyclic) bond motifs is 1. The van der Waals surface area contributed by atoms with Gasteiger partial charge in [-0.2, -0.15) is 0 Å². The molecule has 6 heteroatoms. The molecule has 0 amide bonds. The molecule has 0 atom stereocenters. The molecule has 0 fully saturated rings. The maximum Gasteiger partial charge on any atom is 0.341 e. The lowest BCUT2D eigenvalue weighted by Crippen LogP contribution is -2.20. The number of aryl methyl sites for hydroxylation is 3. The summed E-state index contributed by atoms with van der Waals surface area (Å²) in [7, 11) is 1.43. The molecule has 2 N–H and O–H groups in total. The van der Waals surface area contributed by atoms with Crippen LogP contribution in [0, 0.1) is 13.8 Å². The summed E-state index contributed by atoms with van der Waals surface area (Å²) in [6.45, 7) is 4.11. The van der Waals surface area contributed by atoms with Gasteiger partial charge in [0.25, 0.3) is 0 Å². The average molecular weight is 389 g/mol. The van der Waals surface area contributed by atoms with Crippen molar-refractivity contribution in [2.45, 2.75) is 46.0 Å². The first-order valence-electron chi connectivity index (χ1n) is 8.87. The van der Waals surface area contributed by atoms with Crippen molar-refractivity contribution in [2.24, 2.45) is 0 Å². The summed E-state index contributed by atoms with van der Waals surface area (Å²) < 4.78 is 5.04. The minimum atomic E-state index is -0.291. The van der Waals surface area contributed by atoms with Crippen LogP contribution in [-0.2, 0) is 17.6 Å². The van der Waals surface area contributed by atoms with Crippen molar-refractivity contribution >= 4 is 45.3 Å². The third-order valence-electron chi connectivity index (χ3n) is 4.52. The zero-order chi connectivity index (χ0) is 18.7. The number of esters is 1.